The molecular formula is C20H20ClNO3. The molecule has 130 valence electrons. The van der Waals surface area contributed by atoms with Crippen LogP contribution in [-0.4, -0.2) is 17.3 Å². The van der Waals surface area contributed by atoms with Gasteiger partial charge in [-0.3, -0.25) is 4.79 Å². The molecule has 0 saturated heterocycles. The predicted molar refractivity (Wildman–Crippen MR) is 101 cm³/mol. The van der Waals surface area contributed by atoms with E-state index in [0.29, 0.717) is 23.6 Å². The minimum absolute atomic E-state index is 0.0340. The first-order valence-corrected chi connectivity index (χ1v) is 8.59. The zero-order valence-electron chi connectivity index (χ0n) is 14.2. The minimum Gasteiger partial charge on any atom is -0.492 e. The highest BCUT2D eigenvalue weighted by molar-refractivity contribution is 6.30. The Bertz CT molecular complexity index is 916. The Labute approximate surface area is 151 Å². The van der Waals surface area contributed by atoms with Crippen molar-refractivity contribution in [1.29, 1.82) is 0 Å². The largest absolute Gasteiger partial charge is 0.492 e. The Morgan fingerprint density at radius 2 is 1.76 bits per heavy atom. The Morgan fingerprint density at radius 1 is 1.04 bits per heavy atom. The molecule has 0 amide bonds. The first kappa shape index (κ1) is 17.4. The van der Waals surface area contributed by atoms with Gasteiger partial charge in [-0.05, 0) is 67.8 Å². The highest BCUT2D eigenvalue weighted by Gasteiger charge is 2.06. The van der Waals surface area contributed by atoms with E-state index in [9.17, 15) is 4.79 Å². The summed E-state index contributed by atoms with van der Waals surface area (Å²) in [6.45, 7) is 4.83. The van der Waals surface area contributed by atoms with Gasteiger partial charge in [-0.2, -0.15) is 0 Å². The number of benzene rings is 2. The smallest absolute Gasteiger partial charge is 0.258 e. The number of hydrogen-bond donors (Lipinski definition) is 0. The SMILES string of the molecule is CC(C)Oc1ccc2c(=O)n(CCOc3ccc(Cl)cc3)ccc2c1. The second kappa shape index (κ2) is 7.62. The van der Waals surface area contributed by atoms with E-state index < -0.39 is 0 Å². The van der Waals surface area contributed by atoms with Crippen LogP contribution < -0.4 is 15.0 Å². The molecule has 2 aromatic carbocycles. The van der Waals surface area contributed by atoms with Gasteiger partial charge in [-0.1, -0.05) is 11.6 Å². The number of aromatic nitrogens is 1. The molecule has 0 bridgehead atoms. The van der Waals surface area contributed by atoms with E-state index in [1.807, 2.05) is 50.2 Å². The van der Waals surface area contributed by atoms with Gasteiger partial charge in [0.2, 0.25) is 0 Å². The van der Waals surface area contributed by atoms with Crippen molar-refractivity contribution in [3.8, 4) is 11.5 Å². The first-order chi connectivity index (χ1) is 12.0. The summed E-state index contributed by atoms with van der Waals surface area (Å²) in [6, 6.07) is 14.6. The number of nitrogens with zero attached hydrogens (tertiary/aromatic N) is 1. The summed E-state index contributed by atoms with van der Waals surface area (Å²) in [7, 11) is 0. The lowest BCUT2D eigenvalue weighted by Crippen LogP contribution is -2.22. The lowest BCUT2D eigenvalue weighted by Gasteiger charge is -2.12. The van der Waals surface area contributed by atoms with Crippen molar-refractivity contribution >= 4 is 22.4 Å². The molecule has 5 heteroatoms. The molecule has 0 aliphatic heterocycles. The summed E-state index contributed by atoms with van der Waals surface area (Å²) in [5.74, 6) is 1.50. The highest BCUT2D eigenvalue weighted by Crippen LogP contribution is 2.19. The molecule has 0 unspecified atom stereocenters. The number of rotatable bonds is 6. The van der Waals surface area contributed by atoms with Gasteiger partial charge >= 0.3 is 0 Å². The average Bonchev–Trinajstić information content (AvgIpc) is 2.58. The fourth-order valence-corrected chi connectivity index (χ4v) is 2.71. The second-order valence-electron chi connectivity index (χ2n) is 6.03. The summed E-state index contributed by atoms with van der Waals surface area (Å²) in [6.07, 6.45) is 1.89. The minimum atomic E-state index is -0.0340. The van der Waals surface area contributed by atoms with Crippen molar-refractivity contribution < 1.29 is 9.47 Å². The summed E-state index contributed by atoms with van der Waals surface area (Å²) in [5.41, 5.74) is -0.0340. The third kappa shape index (κ3) is 4.34. The molecule has 0 spiro atoms. The maximum absolute atomic E-state index is 12.6. The van der Waals surface area contributed by atoms with Crippen molar-refractivity contribution in [2.75, 3.05) is 6.61 Å². The molecule has 3 aromatic rings. The molecule has 0 aliphatic carbocycles. The Hall–Kier alpha value is -2.46. The number of fused-ring (bicyclic) bond motifs is 1. The van der Waals surface area contributed by atoms with E-state index in [1.165, 1.54) is 0 Å². The third-order valence-corrected chi connectivity index (χ3v) is 3.99. The lowest BCUT2D eigenvalue weighted by molar-refractivity contribution is 0.243. The summed E-state index contributed by atoms with van der Waals surface area (Å²) in [4.78, 5) is 12.6. The van der Waals surface area contributed by atoms with Crippen LogP contribution in [0.25, 0.3) is 10.8 Å². The number of halogens is 1. The normalized spacial score (nSPS) is 11.0. The maximum Gasteiger partial charge on any atom is 0.258 e. The summed E-state index contributed by atoms with van der Waals surface area (Å²) < 4.78 is 13.0. The standard InChI is InChI=1S/C20H20ClNO3/c1-14(2)25-18-7-8-19-15(13-18)9-10-22(20(19)23)11-12-24-17-5-3-16(21)4-6-17/h3-10,13-14H,11-12H2,1-2H3. The average molecular weight is 358 g/mol. The molecule has 0 radical (unpaired) electrons. The van der Waals surface area contributed by atoms with Crippen LogP contribution >= 0.6 is 11.6 Å². The highest BCUT2D eigenvalue weighted by atomic mass is 35.5. The number of ether oxygens (including phenoxy) is 2. The van der Waals surface area contributed by atoms with Crippen LogP contribution in [0.4, 0.5) is 0 Å². The van der Waals surface area contributed by atoms with Gasteiger partial charge in [-0.15, -0.1) is 0 Å². The van der Waals surface area contributed by atoms with Crippen molar-refractivity contribution in [3.05, 3.63) is 70.1 Å². The van der Waals surface area contributed by atoms with Crippen LogP contribution in [-0.2, 0) is 6.54 Å². The zero-order chi connectivity index (χ0) is 17.8. The van der Waals surface area contributed by atoms with Gasteiger partial charge in [0.15, 0.2) is 0 Å². The molecule has 25 heavy (non-hydrogen) atoms. The van der Waals surface area contributed by atoms with Gasteiger partial charge in [0.1, 0.15) is 18.1 Å². The monoisotopic (exact) mass is 357 g/mol. The van der Waals surface area contributed by atoms with Crippen LogP contribution in [0.3, 0.4) is 0 Å². The van der Waals surface area contributed by atoms with Crippen LogP contribution in [0.1, 0.15) is 13.8 Å². The van der Waals surface area contributed by atoms with E-state index in [0.717, 1.165) is 16.9 Å². The molecule has 0 N–H and O–H groups in total. The molecule has 1 aromatic heterocycles. The summed E-state index contributed by atoms with van der Waals surface area (Å²) >= 11 is 5.85. The molecular weight excluding hydrogens is 338 g/mol. The second-order valence-corrected chi connectivity index (χ2v) is 6.47. The Morgan fingerprint density at radius 3 is 2.48 bits per heavy atom. The van der Waals surface area contributed by atoms with Gasteiger partial charge < -0.3 is 14.0 Å². The molecule has 3 rings (SSSR count). The van der Waals surface area contributed by atoms with Gasteiger partial charge in [0.05, 0.1) is 12.6 Å². The molecule has 4 nitrogen and oxygen atoms in total. The quantitative estimate of drug-likeness (QED) is 0.651. The topological polar surface area (TPSA) is 40.5 Å². The van der Waals surface area contributed by atoms with Crippen LogP contribution in [0.15, 0.2) is 59.5 Å². The summed E-state index contributed by atoms with van der Waals surface area (Å²) in [5, 5.41) is 2.21. The lowest BCUT2D eigenvalue weighted by atomic mass is 10.1. The number of pyridine rings is 1. The van der Waals surface area contributed by atoms with Gasteiger partial charge in [-0.25, -0.2) is 0 Å². The molecule has 0 atom stereocenters. The fraction of sp³-hybridized carbons (Fsp3) is 0.250. The fourth-order valence-electron chi connectivity index (χ4n) is 2.58. The molecule has 1 heterocycles. The zero-order valence-corrected chi connectivity index (χ0v) is 15.0. The maximum atomic E-state index is 12.6. The van der Waals surface area contributed by atoms with Crippen LogP contribution in [0.2, 0.25) is 5.02 Å². The number of hydrogen-bond acceptors (Lipinski definition) is 3. The van der Waals surface area contributed by atoms with E-state index in [1.54, 1.807) is 22.9 Å². The first-order valence-electron chi connectivity index (χ1n) is 8.21. The third-order valence-electron chi connectivity index (χ3n) is 3.73. The van der Waals surface area contributed by atoms with E-state index in [2.05, 4.69) is 0 Å². The van der Waals surface area contributed by atoms with Crippen LogP contribution in [0, 0.1) is 0 Å². The van der Waals surface area contributed by atoms with Crippen LogP contribution in [0.5, 0.6) is 11.5 Å². The van der Waals surface area contributed by atoms with E-state index in [-0.39, 0.29) is 11.7 Å². The van der Waals surface area contributed by atoms with Crippen molar-refractivity contribution in [2.45, 2.75) is 26.5 Å². The van der Waals surface area contributed by atoms with Crippen molar-refractivity contribution in [1.82, 2.24) is 4.57 Å². The molecule has 0 saturated carbocycles. The van der Waals surface area contributed by atoms with Gasteiger partial charge in [0, 0.05) is 16.6 Å². The Kier molecular flexibility index (Phi) is 5.29. The molecule has 0 aliphatic rings. The Balaban J connectivity index is 1.72. The predicted octanol–water partition coefficient (Wildman–Crippen LogP) is 4.52. The van der Waals surface area contributed by atoms with E-state index in [4.69, 9.17) is 21.1 Å². The van der Waals surface area contributed by atoms with E-state index >= 15 is 0 Å². The van der Waals surface area contributed by atoms with Crippen molar-refractivity contribution in [2.24, 2.45) is 0 Å². The van der Waals surface area contributed by atoms with Gasteiger partial charge in [0.25, 0.3) is 5.56 Å². The molecule has 0 fully saturated rings. The van der Waals surface area contributed by atoms with Crippen molar-refractivity contribution in [3.63, 3.8) is 0 Å².